The Balaban J connectivity index is 2.20. The zero-order valence-corrected chi connectivity index (χ0v) is 6.00. The fourth-order valence-corrected chi connectivity index (χ4v) is 0.797. The average molecular weight is 145 g/mol. The number of carbonyl (C=O) groups excluding carboxylic acids is 1. The van der Waals surface area contributed by atoms with Gasteiger partial charge in [-0.2, -0.15) is 0 Å². The Morgan fingerprint density at radius 2 is 2.60 bits per heavy atom. The van der Waals surface area contributed by atoms with Crippen molar-refractivity contribution in [3.63, 3.8) is 0 Å². The number of amides is 1. The van der Waals surface area contributed by atoms with Crippen LogP contribution in [-0.4, -0.2) is 44.4 Å². The van der Waals surface area contributed by atoms with Crippen LogP contribution in [-0.2, 0) is 14.3 Å². The van der Waals surface area contributed by atoms with Gasteiger partial charge in [0, 0.05) is 13.7 Å². The molecule has 0 bridgehead atoms. The van der Waals surface area contributed by atoms with E-state index in [0.717, 1.165) is 0 Å². The molecule has 4 nitrogen and oxygen atoms in total. The minimum Gasteiger partial charge on any atom is -0.383 e. The highest BCUT2D eigenvalue weighted by Gasteiger charge is 2.19. The van der Waals surface area contributed by atoms with E-state index in [1.54, 1.807) is 12.0 Å². The van der Waals surface area contributed by atoms with Crippen molar-refractivity contribution in [3.05, 3.63) is 0 Å². The van der Waals surface area contributed by atoms with Gasteiger partial charge in [-0.25, -0.2) is 0 Å². The molecule has 0 radical (unpaired) electrons. The zero-order valence-electron chi connectivity index (χ0n) is 6.00. The lowest BCUT2D eigenvalue weighted by Gasteiger charge is -2.11. The molecule has 4 heteroatoms. The van der Waals surface area contributed by atoms with Gasteiger partial charge < -0.3 is 14.4 Å². The summed E-state index contributed by atoms with van der Waals surface area (Å²) in [7, 11) is 1.61. The zero-order chi connectivity index (χ0) is 7.40. The molecule has 0 atom stereocenters. The first kappa shape index (κ1) is 7.50. The molecule has 0 saturated carbocycles. The topological polar surface area (TPSA) is 38.8 Å². The summed E-state index contributed by atoms with van der Waals surface area (Å²) in [5, 5.41) is 0. The van der Waals surface area contributed by atoms with E-state index in [1.807, 2.05) is 0 Å². The van der Waals surface area contributed by atoms with Crippen molar-refractivity contribution >= 4 is 5.91 Å². The van der Waals surface area contributed by atoms with Gasteiger partial charge in [-0.1, -0.05) is 0 Å². The lowest BCUT2D eigenvalue weighted by molar-refractivity contribution is -0.127. The summed E-state index contributed by atoms with van der Waals surface area (Å²) in [4.78, 5) is 12.5. The smallest absolute Gasteiger partial charge is 0.250 e. The van der Waals surface area contributed by atoms with Crippen LogP contribution in [0.3, 0.4) is 0 Å². The van der Waals surface area contributed by atoms with E-state index in [-0.39, 0.29) is 12.5 Å². The molecule has 10 heavy (non-hydrogen) atoms. The largest absolute Gasteiger partial charge is 0.383 e. The second kappa shape index (κ2) is 3.53. The van der Waals surface area contributed by atoms with Crippen LogP contribution in [0.1, 0.15) is 0 Å². The summed E-state index contributed by atoms with van der Waals surface area (Å²) in [6.45, 7) is 1.86. The molecule has 1 aliphatic heterocycles. The Morgan fingerprint density at radius 3 is 3.10 bits per heavy atom. The van der Waals surface area contributed by atoms with Crippen LogP contribution in [0.5, 0.6) is 0 Å². The molecule has 1 fully saturated rings. The van der Waals surface area contributed by atoms with E-state index in [2.05, 4.69) is 0 Å². The number of hydrogen-bond acceptors (Lipinski definition) is 3. The van der Waals surface area contributed by atoms with Crippen molar-refractivity contribution in [1.29, 1.82) is 0 Å². The van der Waals surface area contributed by atoms with Gasteiger partial charge in [0.05, 0.1) is 6.61 Å². The van der Waals surface area contributed by atoms with Gasteiger partial charge in [-0.05, 0) is 0 Å². The average Bonchev–Trinajstić information content (AvgIpc) is 2.31. The number of nitrogens with zero attached hydrogens (tertiary/aromatic N) is 1. The number of methoxy groups -OCH3 is 1. The van der Waals surface area contributed by atoms with Crippen LogP contribution in [0.15, 0.2) is 0 Å². The number of hydrogen-bond donors (Lipinski definition) is 0. The Morgan fingerprint density at radius 1 is 1.80 bits per heavy atom. The van der Waals surface area contributed by atoms with Gasteiger partial charge in [0.2, 0.25) is 0 Å². The SMILES string of the molecule is COCCN1COCC1=O. The number of rotatable bonds is 3. The predicted molar refractivity (Wildman–Crippen MR) is 34.4 cm³/mol. The molecule has 1 aliphatic rings. The quantitative estimate of drug-likeness (QED) is 0.534. The van der Waals surface area contributed by atoms with E-state index in [1.165, 1.54) is 0 Å². The maximum atomic E-state index is 10.8. The molecule has 0 aromatic heterocycles. The van der Waals surface area contributed by atoms with Crippen LogP contribution in [0, 0.1) is 0 Å². The highest BCUT2D eigenvalue weighted by molar-refractivity contribution is 5.78. The molecule has 0 N–H and O–H groups in total. The van der Waals surface area contributed by atoms with Gasteiger partial charge in [-0.15, -0.1) is 0 Å². The highest BCUT2D eigenvalue weighted by atomic mass is 16.5. The Bertz CT molecular complexity index is 126. The van der Waals surface area contributed by atoms with Crippen LogP contribution < -0.4 is 0 Å². The van der Waals surface area contributed by atoms with Crippen molar-refractivity contribution < 1.29 is 14.3 Å². The van der Waals surface area contributed by atoms with Crippen LogP contribution in [0.2, 0.25) is 0 Å². The molecule has 1 amide bonds. The molecular formula is C6H11NO3. The first-order chi connectivity index (χ1) is 4.84. The maximum absolute atomic E-state index is 10.8. The van der Waals surface area contributed by atoms with E-state index < -0.39 is 0 Å². The summed E-state index contributed by atoms with van der Waals surface area (Å²) in [6, 6.07) is 0. The third-order valence-corrected chi connectivity index (χ3v) is 1.39. The standard InChI is InChI=1S/C6H11NO3/c1-9-3-2-7-5-10-4-6(7)8/h2-5H2,1H3. The van der Waals surface area contributed by atoms with Gasteiger partial charge in [-0.3, -0.25) is 4.79 Å². The Kier molecular flexibility index (Phi) is 2.65. The molecule has 0 aliphatic carbocycles. The van der Waals surface area contributed by atoms with Gasteiger partial charge in [0.15, 0.2) is 0 Å². The first-order valence-electron chi connectivity index (χ1n) is 3.19. The highest BCUT2D eigenvalue weighted by Crippen LogP contribution is 1.99. The monoisotopic (exact) mass is 145 g/mol. The van der Waals surface area contributed by atoms with E-state index >= 15 is 0 Å². The molecule has 58 valence electrons. The third kappa shape index (κ3) is 1.68. The van der Waals surface area contributed by atoms with Crippen molar-refractivity contribution in [1.82, 2.24) is 4.90 Å². The molecule has 0 spiro atoms. The molecule has 1 saturated heterocycles. The second-order valence-corrected chi connectivity index (χ2v) is 2.13. The van der Waals surface area contributed by atoms with Crippen molar-refractivity contribution in [2.75, 3.05) is 33.6 Å². The molecule has 0 aromatic carbocycles. The van der Waals surface area contributed by atoms with Crippen LogP contribution >= 0.6 is 0 Å². The second-order valence-electron chi connectivity index (χ2n) is 2.13. The Labute approximate surface area is 59.7 Å². The molecular weight excluding hydrogens is 134 g/mol. The third-order valence-electron chi connectivity index (χ3n) is 1.39. The van der Waals surface area contributed by atoms with Gasteiger partial charge in [0.1, 0.15) is 13.3 Å². The lowest BCUT2D eigenvalue weighted by atomic mass is 10.5. The summed E-state index contributed by atoms with van der Waals surface area (Å²) in [5.41, 5.74) is 0. The minimum atomic E-state index is 0.0528. The summed E-state index contributed by atoms with van der Waals surface area (Å²) in [5.74, 6) is 0.0528. The van der Waals surface area contributed by atoms with Gasteiger partial charge in [0.25, 0.3) is 5.91 Å². The summed E-state index contributed by atoms with van der Waals surface area (Å²) < 4.78 is 9.69. The van der Waals surface area contributed by atoms with Crippen molar-refractivity contribution in [2.45, 2.75) is 0 Å². The fraction of sp³-hybridized carbons (Fsp3) is 0.833. The van der Waals surface area contributed by atoms with Gasteiger partial charge >= 0.3 is 0 Å². The Hall–Kier alpha value is -0.610. The summed E-state index contributed by atoms with van der Waals surface area (Å²) in [6.07, 6.45) is 0. The molecule has 0 aromatic rings. The maximum Gasteiger partial charge on any atom is 0.250 e. The molecule has 1 rings (SSSR count). The van der Waals surface area contributed by atoms with E-state index in [4.69, 9.17) is 9.47 Å². The first-order valence-corrected chi connectivity index (χ1v) is 3.19. The van der Waals surface area contributed by atoms with E-state index in [0.29, 0.717) is 19.9 Å². The lowest BCUT2D eigenvalue weighted by Crippen LogP contribution is -2.29. The molecule has 1 heterocycles. The molecule has 0 unspecified atom stereocenters. The normalized spacial score (nSPS) is 18.5. The van der Waals surface area contributed by atoms with E-state index in [9.17, 15) is 4.79 Å². The minimum absolute atomic E-state index is 0.0528. The van der Waals surface area contributed by atoms with Crippen LogP contribution in [0.25, 0.3) is 0 Å². The number of ether oxygens (including phenoxy) is 2. The summed E-state index contributed by atoms with van der Waals surface area (Å²) >= 11 is 0. The van der Waals surface area contributed by atoms with Crippen molar-refractivity contribution in [3.8, 4) is 0 Å². The number of carbonyl (C=O) groups is 1. The predicted octanol–water partition coefficient (Wildman–Crippen LogP) is -0.551. The fourth-order valence-electron chi connectivity index (χ4n) is 0.797. The van der Waals surface area contributed by atoms with Crippen LogP contribution in [0.4, 0.5) is 0 Å². The van der Waals surface area contributed by atoms with Crippen molar-refractivity contribution in [2.24, 2.45) is 0 Å².